The lowest BCUT2D eigenvalue weighted by atomic mass is 9.86. The Kier molecular flexibility index (Phi) is 5.75. The van der Waals surface area contributed by atoms with E-state index in [2.05, 4.69) is 16.0 Å². The quantitative estimate of drug-likeness (QED) is 0.643. The number of carbonyl (C=O) groups is 3. The Morgan fingerprint density at radius 1 is 1.00 bits per heavy atom. The zero-order valence-corrected chi connectivity index (χ0v) is 14.6. The van der Waals surface area contributed by atoms with Gasteiger partial charge in [0.1, 0.15) is 6.26 Å². The first-order valence-electron chi connectivity index (χ1n) is 8.75. The third-order valence-corrected chi connectivity index (χ3v) is 4.57. The molecule has 8 heteroatoms. The second-order valence-electron chi connectivity index (χ2n) is 6.53. The Morgan fingerprint density at radius 2 is 1.70 bits per heavy atom. The van der Waals surface area contributed by atoms with E-state index in [0.717, 1.165) is 0 Å². The van der Waals surface area contributed by atoms with Crippen molar-refractivity contribution < 1.29 is 23.9 Å². The molecule has 0 radical (unpaired) electrons. The molecular formula is C19H21N3O5. The van der Waals surface area contributed by atoms with Gasteiger partial charge in [0, 0.05) is 17.4 Å². The SMILES string of the molecule is O=C(Nc1cccc(NC(=O)c2ccoc2)c1)NC1CCC(C(=O)O)CC1. The van der Waals surface area contributed by atoms with E-state index in [4.69, 9.17) is 9.52 Å². The first-order chi connectivity index (χ1) is 13.0. The van der Waals surface area contributed by atoms with Crippen molar-refractivity contribution in [2.24, 2.45) is 5.92 Å². The Labute approximate surface area is 155 Å². The van der Waals surface area contributed by atoms with Crippen LogP contribution < -0.4 is 16.0 Å². The molecule has 1 fully saturated rings. The first-order valence-corrected chi connectivity index (χ1v) is 8.75. The number of rotatable bonds is 5. The predicted octanol–water partition coefficient (Wildman–Crippen LogP) is 3.30. The van der Waals surface area contributed by atoms with Crippen LogP contribution in [0.15, 0.2) is 47.3 Å². The van der Waals surface area contributed by atoms with Gasteiger partial charge in [0.15, 0.2) is 0 Å². The van der Waals surface area contributed by atoms with Crippen LogP contribution in [0.25, 0.3) is 0 Å². The number of amides is 3. The van der Waals surface area contributed by atoms with Crippen LogP contribution in [0.3, 0.4) is 0 Å². The van der Waals surface area contributed by atoms with Gasteiger partial charge in [-0.15, -0.1) is 0 Å². The molecule has 1 aromatic heterocycles. The van der Waals surface area contributed by atoms with Gasteiger partial charge < -0.3 is 25.5 Å². The molecule has 27 heavy (non-hydrogen) atoms. The molecule has 4 N–H and O–H groups in total. The van der Waals surface area contributed by atoms with Crippen LogP contribution in [0.2, 0.25) is 0 Å². The topological polar surface area (TPSA) is 121 Å². The molecule has 2 aromatic rings. The number of hydrogen-bond acceptors (Lipinski definition) is 4. The van der Waals surface area contributed by atoms with E-state index in [1.54, 1.807) is 30.3 Å². The number of anilines is 2. The average molecular weight is 371 g/mol. The van der Waals surface area contributed by atoms with Crippen LogP contribution in [0, 0.1) is 5.92 Å². The summed E-state index contributed by atoms with van der Waals surface area (Å²) in [4.78, 5) is 35.2. The number of urea groups is 1. The van der Waals surface area contributed by atoms with Crippen molar-refractivity contribution in [3.05, 3.63) is 48.4 Å². The first kappa shape index (κ1) is 18.5. The number of carbonyl (C=O) groups excluding carboxylic acids is 2. The highest BCUT2D eigenvalue weighted by molar-refractivity contribution is 6.04. The summed E-state index contributed by atoms with van der Waals surface area (Å²) in [5, 5.41) is 17.3. The smallest absolute Gasteiger partial charge is 0.319 e. The lowest BCUT2D eigenvalue weighted by Crippen LogP contribution is -2.40. The molecule has 8 nitrogen and oxygen atoms in total. The summed E-state index contributed by atoms with van der Waals surface area (Å²) in [7, 11) is 0. The maximum atomic E-state index is 12.2. The van der Waals surface area contributed by atoms with Crippen LogP contribution in [-0.2, 0) is 4.79 Å². The van der Waals surface area contributed by atoms with Crippen molar-refractivity contribution >= 4 is 29.3 Å². The molecule has 0 unspecified atom stereocenters. The van der Waals surface area contributed by atoms with E-state index in [1.165, 1.54) is 12.5 Å². The maximum absolute atomic E-state index is 12.2. The van der Waals surface area contributed by atoms with E-state index in [1.807, 2.05) is 0 Å². The second-order valence-corrected chi connectivity index (χ2v) is 6.53. The summed E-state index contributed by atoms with van der Waals surface area (Å²) in [6.45, 7) is 0. The molecule has 0 spiro atoms. The minimum absolute atomic E-state index is 0.0374. The fourth-order valence-electron chi connectivity index (χ4n) is 3.11. The van der Waals surface area contributed by atoms with Gasteiger partial charge in [0.2, 0.25) is 0 Å². The van der Waals surface area contributed by atoms with Gasteiger partial charge in [0.25, 0.3) is 5.91 Å². The van der Waals surface area contributed by atoms with Gasteiger partial charge in [-0.25, -0.2) is 4.79 Å². The summed E-state index contributed by atoms with van der Waals surface area (Å²) in [6, 6.07) is 7.97. The van der Waals surface area contributed by atoms with Crippen molar-refractivity contribution in [2.75, 3.05) is 10.6 Å². The predicted molar refractivity (Wildman–Crippen MR) is 98.6 cm³/mol. The molecule has 1 aliphatic rings. The minimum Gasteiger partial charge on any atom is -0.481 e. The number of furan rings is 1. The highest BCUT2D eigenvalue weighted by atomic mass is 16.4. The monoisotopic (exact) mass is 371 g/mol. The molecule has 0 bridgehead atoms. The van der Waals surface area contributed by atoms with Gasteiger partial charge >= 0.3 is 12.0 Å². The zero-order valence-electron chi connectivity index (χ0n) is 14.6. The Hall–Kier alpha value is -3.29. The molecule has 1 heterocycles. The fraction of sp³-hybridized carbons (Fsp3) is 0.316. The normalized spacial score (nSPS) is 19.1. The second kappa shape index (κ2) is 8.39. The van der Waals surface area contributed by atoms with Crippen molar-refractivity contribution in [2.45, 2.75) is 31.7 Å². The number of carboxylic acids is 1. The summed E-state index contributed by atoms with van der Waals surface area (Å²) in [6.07, 6.45) is 5.19. The van der Waals surface area contributed by atoms with Gasteiger partial charge in [0.05, 0.1) is 17.7 Å². The molecule has 3 rings (SSSR count). The van der Waals surface area contributed by atoms with Crippen LogP contribution in [0.1, 0.15) is 36.0 Å². The Bertz CT molecular complexity index is 811. The molecule has 3 amide bonds. The average Bonchev–Trinajstić information content (AvgIpc) is 3.17. The van der Waals surface area contributed by atoms with E-state index in [0.29, 0.717) is 42.6 Å². The van der Waals surface area contributed by atoms with Crippen LogP contribution in [0.4, 0.5) is 16.2 Å². The largest absolute Gasteiger partial charge is 0.481 e. The van der Waals surface area contributed by atoms with E-state index in [-0.39, 0.29) is 23.9 Å². The fourth-order valence-corrected chi connectivity index (χ4v) is 3.11. The molecule has 0 saturated heterocycles. The van der Waals surface area contributed by atoms with Crippen LogP contribution >= 0.6 is 0 Å². The van der Waals surface area contributed by atoms with Crippen molar-refractivity contribution in [3.63, 3.8) is 0 Å². The van der Waals surface area contributed by atoms with E-state index in [9.17, 15) is 14.4 Å². The van der Waals surface area contributed by atoms with Crippen molar-refractivity contribution in [1.29, 1.82) is 0 Å². The van der Waals surface area contributed by atoms with Crippen molar-refractivity contribution in [1.82, 2.24) is 5.32 Å². The highest BCUT2D eigenvalue weighted by Crippen LogP contribution is 2.24. The molecule has 0 aliphatic heterocycles. The maximum Gasteiger partial charge on any atom is 0.319 e. The molecular weight excluding hydrogens is 350 g/mol. The Balaban J connectivity index is 1.51. The van der Waals surface area contributed by atoms with Gasteiger partial charge in [-0.3, -0.25) is 9.59 Å². The molecule has 1 aromatic carbocycles. The van der Waals surface area contributed by atoms with Crippen molar-refractivity contribution in [3.8, 4) is 0 Å². The third kappa shape index (κ3) is 5.10. The Morgan fingerprint density at radius 3 is 2.33 bits per heavy atom. The molecule has 1 aliphatic carbocycles. The van der Waals surface area contributed by atoms with E-state index < -0.39 is 5.97 Å². The lowest BCUT2D eigenvalue weighted by molar-refractivity contribution is -0.142. The van der Waals surface area contributed by atoms with Gasteiger partial charge in [-0.1, -0.05) is 6.07 Å². The molecule has 142 valence electrons. The third-order valence-electron chi connectivity index (χ3n) is 4.57. The molecule has 1 saturated carbocycles. The standard InChI is InChI=1S/C19H21N3O5/c23-17(13-8-9-27-11-13)20-15-2-1-3-16(10-15)22-19(26)21-14-6-4-12(5-7-14)18(24)25/h1-3,8-12,14H,4-7H2,(H,20,23)(H,24,25)(H2,21,22,26). The zero-order chi connectivity index (χ0) is 19.2. The van der Waals surface area contributed by atoms with E-state index >= 15 is 0 Å². The van der Waals surface area contributed by atoms with Gasteiger partial charge in [-0.2, -0.15) is 0 Å². The molecule has 0 atom stereocenters. The van der Waals surface area contributed by atoms with Gasteiger partial charge in [-0.05, 0) is 49.9 Å². The summed E-state index contributed by atoms with van der Waals surface area (Å²) < 4.78 is 4.88. The number of carboxylic acid groups (broad SMARTS) is 1. The number of hydrogen-bond donors (Lipinski definition) is 4. The summed E-state index contributed by atoms with van der Waals surface area (Å²) >= 11 is 0. The summed E-state index contributed by atoms with van der Waals surface area (Å²) in [5.74, 6) is -1.39. The summed E-state index contributed by atoms with van der Waals surface area (Å²) in [5.41, 5.74) is 1.49. The highest BCUT2D eigenvalue weighted by Gasteiger charge is 2.26. The number of benzene rings is 1. The minimum atomic E-state index is -0.771. The lowest BCUT2D eigenvalue weighted by Gasteiger charge is -2.26. The number of aliphatic carboxylic acids is 1. The number of nitrogens with one attached hydrogen (secondary N) is 3. The van der Waals surface area contributed by atoms with Crippen LogP contribution in [0.5, 0.6) is 0 Å². The van der Waals surface area contributed by atoms with Crippen LogP contribution in [-0.4, -0.2) is 29.1 Å².